The average molecular weight is 301 g/mol. The van der Waals surface area contributed by atoms with Gasteiger partial charge in [-0.25, -0.2) is 8.42 Å². The summed E-state index contributed by atoms with van der Waals surface area (Å²) in [7, 11) is 3.40. The average Bonchev–Trinajstić information content (AvgIpc) is 2.72. The maximum absolute atomic E-state index is 11.2. The van der Waals surface area contributed by atoms with E-state index in [1.54, 1.807) is 23.9 Å². The molecule has 0 aliphatic heterocycles. The number of rotatable bonds is 4. The molecule has 0 bridgehead atoms. The predicted molar refractivity (Wildman–Crippen MR) is 71.8 cm³/mol. The van der Waals surface area contributed by atoms with E-state index < -0.39 is 9.05 Å². The molecule has 0 aliphatic carbocycles. The van der Waals surface area contributed by atoms with Crippen LogP contribution in [0.1, 0.15) is 11.1 Å². The van der Waals surface area contributed by atoms with Gasteiger partial charge in [-0.05, 0) is 30.7 Å². The Balaban J connectivity index is 2.14. The van der Waals surface area contributed by atoms with Crippen molar-refractivity contribution in [2.45, 2.75) is 18.4 Å². The van der Waals surface area contributed by atoms with Crippen molar-refractivity contribution < 1.29 is 13.2 Å². The Bertz CT molecular complexity index is 695. The van der Waals surface area contributed by atoms with E-state index in [1.807, 2.05) is 13.2 Å². The fraction of sp³-hybridized carbons (Fsp3) is 0.250. The highest BCUT2D eigenvalue weighted by molar-refractivity contribution is 8.13. The van der Waals surface area contributed by atoms with Gasteiger partial charge in [0, 0.05) is 29.5 Å². The number of aryl methyl sites for hydroxylation is 2. The van der Waals surface area contributed by atoms with Gasteiger partial charge in [-0.3, -0.25) is 4.68 Å². The molecule has 0 radical (unpaired) electrons. The van der Waals surface area contributed by atoms with Crippen molar-refractivity contribution in [1.82, 2.24) is 9.78 Å². The van der Waals surface area contributed by atoms with E-state index in [2.05, 4.69) is 5.10 Å². The zero-order chi connectivity index (χ0) is 14.0. The highest BCUT2D eigenvalue weighted by atomic mass is 35.7. The van der Waals surface area contributed by atoms with Crippen LogP contribution in [0.4, 0.5) is 0 Å². The zero-order valence-electron chi connectivity index (χ0n) is 10.5. The van der Waals surface area contributed by atoms with Gasteiger partial charge in [-0.1, -0.05) is 0 Å². The molecule has 0 amide bonds. The molecule has 0 spiro atoms. The smallest absolute Gasteiger partial charge is 0.261 e. The van der Waals surface area contributed by atoms with E-state index in [-0.39, 0.29) is 4.90 Å². The lowest BCUT2D eigenvalue weighted by atomic mass is 10.2. The number of benzene rings is 1. The molecule has 2 aromatic rings. The van der Waals surface area contributed by atoms with Gasteiger partial charge in [0.15, 0.2) is 0 Å². The van der Waals surface area contributed by atoms with E-state index in [9.17, 15) is 8.42 Å². The predicted octanol–water partition coefficient (Wildman–Crippen LogP) is 2.24. The van der Waals surface area contributed by atoms with Gasteiger partial charge < -0.3 is 4.74 Å². The molecule has 0 aliphatic rings. The SMILES string of the molecule is Cc1cc(S(=O)(=O)Cl)ccc1OCc1cnn(C)c1. The molecule has 0 atom stereocenters. The summed E-state index contributed by atoms with van der Waals surface area (Å²) in [6.45, 7) is 2.14. The summed E-state index contributed by atoms with van der Waals surface area (Å²) in [6.07, 6.45) is 3.57. The van der Waals surface area contributed by atoms with E-state index >= 15 is 0 Å². The zero-order valence-corrected chi connectivity index (χ0v) is 12.1. The third-order valence-electron chi connectivity index (χ3n) is 2.58. The van der Waals surface area contributed by atoms with Gasteiger partial charge in [0.2, 0.25) is 0 Å². The lowest BCUT2D eigenvalue weighted by molar-refractivity contribution is 0.304. The third-order valence-corrected chi connectivity index (χ3v) is 3.93. The van der Waals surface area contributed by atoms with Crippen LogP contribution in [0, 0.1) is 6.92 Å². The van der Waals surface area contributed by atoms with Gasteiger partial charge in [-0.2, -0.15) is 5.10 Å². The summed E-state index contributed by atoms with van der Waals surface area (Å²) in [4.78, 5) is 0.0698. The second kappa shape index (κ2) is 5.22. The maximum atomic E-state index is 11.2. The maximum Gasteiger partial charge on any atom is 0.261 e. The first-order chi connectivity index (χ1) is 8.86. The molecule has 2 rings (SSSR count). The third kappa shape index (κ3) is 3.48. The second-order valence-electron chi connectivity index (χ2n) is 4.18. The molecular weight excluding hydrogens is 288 g/mol. The molecule has 1 heterocycles. The van der Waals surface area contributed by atoms with Gasteiger partial charge >= 0.3 is 0 Å². The lowest BCUT2D eigenvalue weighted by Gasteiger charge is -2.08. The van der Waals surface area contributed by atoms with Gasteiger partial charge in [0.25, 0.3) is 9.05 Å². The minimum Gasteiger partial charge on any atom is -0.489 e. The van der Waals surface area contributed by atoms with Crippen LogP contribution in [-0.4, -0.2) is 18.2 Å². The van der Waals surface area contributed by atoms with Gasteiger partial charge in [0.05, 0.1) is 11.1 Å². The number of hydrogen-bond donors (Lipinski definition) is 0. The van der Waals surface area contributed by atoms with Crippen molar-refractivity contribution >= 4 is 19.7 Å². The molecule has 0 fully saturated rings. The van der Waals surface area contributed by atoms with Gasteiger partial charge in [-0.15, -0.1) is 0 Å². The normalized spacial score (nSPS) is 11.5. The van der Waals surface area contributed by atoms with Crippen molar-refractivity contribution in [1.29, 1.82) is 0 Å². The number of hydrogen-bond acceptors (Lipinski definition) is 4. The Labute approximate surface area is 116 Å². The Kier molecular flexibility index (Phi) is 3.82. The monoisotopic (exact) mass is 300 g/mol. The number of ether oxygens (including phenoxy) is 1. The molecular formula is C12H13ClN2O3S. The van der Waals surface area contributed by atoms with E-state index in [0.717, 1.165) is 5.56 Å². The number of aromatic nitrogens is 2. The highest BCUT2D eigenvalue weighted by Crippen LogP contribution is 2.24. The Morgan fingerprint density at radius 2 is 2.16 bits per heavy atom. The van der Waals surface area contributed by atoms with Crippen molar-refractivity contribution in [2.75, 3.05) is 0 Å². The second-order valence-corrected chi connectivity index (χ2v) is 6.74. The first-order valence-electron chi connectivity index (χ1n) is 5.52. The highest BCUT2D eigenvalue weighted by Gasteiger charge is 2.12. The molecule has 0 saturated carbocycles. The number of nitrogens with zero attached hydrogens (tertiary/aromatic N) is 2. The minimum absolute atomic E-state index is 0.0698. The summed E-state index contributed by atoms with van der Waals surface area (Å²) in [6, 6.07) is 4.51. The molecule has 19 heavy (non-hydrogen) atoms. The van der Waals surface area contributed by atoms with Crippen LogP contribution in [-0.2, 0) is 22.7 Å². The van der Waals surface area contributed by atoms with E-state index in [0.29, 0.717) is 17.9 Å². The molecule has 0 saturated heterocycles. The largest absolute Gasteiger partial charge is 0.489 e. The fourth-order valence-corrected chi connectivity index (χ4v) is 2.48. The van der Waals surface area contributed by atoms with E-state index in [4.69, 9.17) is 15.4 Å². The molecule has 5 nitrogen and oxygen atoms in total. The van der Waals surface area contributed by atoms with Crippen molar-refractivity contribution in [2.24, 2.45) is 7.05 Å². The molecule has 102 valence electrons. The topological polar surface area (TPSA) is 61.2 Å². The Hall–Kier alpha value is -1.53. The molecule has 0 unspecified atom stereocenters. The summed E-state index contributed by atoms with van der Waals surface area (Å²) < 4.78 is 29.7. The first kappa shape index (κ1) is 13.9. The minimum atomic E-state index is -3.70. The quantitative estimate of drug-likeness (QED) is 0.812. The summed E-state index contributed by atoms with van der Waals surface area (Å²) in [5.74, 6) is 0.618. The summed E-state index contributed by atoms with van der Waals surface area (Å²) in [5.41, 5.74) is 1.65. The van der Waals surface area contributed by atoms with E-state index in [1.165, 1.54) is 12.1 Å². The van der Waals surface area contributed by atoms with Crippen molar-refractivity contribution in [3.8, 4) is 5.75 Å². The standard InChI is InChI=1S/C12H13ClN2O3S/c1-9-5-11(19(13,16)17)3-4-12(9)18-8-10-6-14-15(2)7-10/h3-7H,8H2,1-2H3. The molecule has 0 N–H and O–H groups in total. The van der Waals surface area contributed by atoms with Crippen LogP contribution in [0.5, 0.6) is 5.75 Å². The Morgan fingerprint density at radius 1 is 1.42 bits per heavy atom. The van der Waals surface area contributed by atoms with Crippen molar-refractivity contribution in [3.05, 3.63) is 41.7 Å². The number of halogens is 1. The van der Waals surface area contributed by atoms with Gasteiger partial charge in [0.1, 0.15) is 12.4 Å². The fourth-order valence-electron chi connectivity index (χ4n) is 1.64. The van der Waals surface area contributed by atoms with Crippen LogP contribution in [0.2, 0.25) is 0 Å². The van der Waals surface area contributed by atoms with Crippen LogP contribution >= 0.6 is 10.7 Å². The van der Waals surface area contributed by atoms with Crippen LogP contribution < -0.4 is 4.74 Å². The summed E-state index contributed by atoms with van der Waals surface area (Å²) >= 11 is 0. The van der Waals surface area contributed by atoms with Crippen LogP contribution in [0.15, 0.2) is 35.5 Å². The first-order valence-corrected chi connectivity index (χ1v) is 7.83. The lowest BCUT2D eigenvalue weighted by Crippen LogP contribution is -1.98. The molecule has 7 heteroatoms. The van der Waals surface area contributed by atoms with Crippen LogP contribution in [0.3, 0.4) is 0 Å². The Morgan fingerprint density at radius 3 is 2.68 bits per heavy atom. The van der Waals surface area contributed by atoms with Crippen LogP contribution in [0.25, 0.3) is 0 Å². The summed E-state index contributed by atoms with van der Waals surface area (Å²) in [5, 5.41) is 4.04. The van der Waals surface area contributed by atoms with Crippen molar-refractivity contribution in [3.63, 3.8) is 0 Å². The molecule has 1 aromatic carbocycles. The molecule has 1 aromatic heterocycles.